The second kappa shape index (κ2) is 10.1. The van der Waals surface area contributed by atoms with Gasteiger partial charge < -0.3 is 19.9 Å². The summed E-state index contributed by atoms with van der Waals surface area (Å²) in [5, 5.41) is 16.7. The van der Waals surface area contributed by atoms with Crippen molar-refractivity contribution in [1.82, 2.24) is 24.9 Å². The first-order valence-electron chi connectivity index (χ1n) is 10.9. The highest BCUT2D eigenvalue weighted by Crippen LogP contribution is 2.32. The van der Waals surface area contributed by atoms with E-state index >= 15 is 0 Å². The molecule has 1 saturated heterocycles. The summed E-state index contributed by atoms with van der Waals surface area (Å²) in [7, 11) is 0. The van der Waals surface area contributed by atoms with Crippen molar-refractivity contribution in [3.63, 3.8) is 0 Å². The molecule has 4 rings (SSSR count). The van der Waals surface area contributed by atoms with Crippen molar-refractivity contribution in [1.29, 1.82) is 5.26 Å². The summed E-state index contributed by atoms with van der Waals surface area (Å²) in [5.74, 6) is -0.353. The van der Waals surface area contributed by atoms with Crippen LogP contribution in [-0.2, 0) is 30.6 Å². The van der Waals surface area contributed by atoms with Gasteiger partial charge in [-0.05, 0) is 36.2 Å². The van der Waals surface area contributed by atoms with Gasteiger partial charge in [-0.1, -0.05) is 11.6 Å². The molecule has 186 valence electrons. The van der Waals surface area contributed by atoms with E-state index < -0.39 is 23.9 Å². The fourth-order valence-electron chi connectivity index (χ4n) is 4.07. The molecule has 2 amide bonds. The van der Waals surface area contributed by atoms with Crippen molar-refractivity contribution in [3.05, 3.63) is 51.8 Å². The van der Waals surface area contributed by atoms with Crippen LogP contribution in [0.5, 0.6) is 0 Å². The zero-order valence-electron chi connectivity index (χ0n) is 18.5. The third-order valence-corrected chi connectivity index (χ3v) is 6.01. The van der Waals surface area contributed by atoms with Gasteiger partial charge in [-0.25, -0.2) is 4.79 Å². The Morgan fingerprint density at radius 3 is 2.77 bits per heavy atom. The van der Waals surface area contributed by atoms with E-state index in [9.17, 15) is 28.0 Å². The molecule has 1 unspecified atom stereocenters. The van der Waals surface area contributed by atoms with Crippen molar-refractivity contribution in [2.75, 3.05) is 26.2 Å². The van der Waals surface area contributed by atoms with Gasteiger partial charge >= 0.3 is 12.3 Å². The topological polar surface area (TPSA) is 103 Å². The van der Waals surface area contributed by atoms with Crippen LogP contribution >= 0.6 is 11.6 Å². The van der Waals surface area contributed by atoms with E-state index in [2.05, 4.69) is 16.5 Å². The Morgan fingerprint density at radius 1 is 1.23 bits per heavy atom. The molecular formula is C22H22ClF3N6O3. The highest BCUT2D eigenvalue weighted by Gasteiger charge is 2.32. The van der Waals surface area contributed by atoms with E-state index in [1.807, 2.05) is 0 Å². The molecular weight excluding hydrogens is 489 g/mol. The van der Waals surface area contributed by atoms with Crippen LogP contribution < -0.4 is 5.32 Å². The number of halogens is 4. The number of aromatic nitrogens is 2. The fraction of sp³-hybridized carbons (Fsp3) is 0.455. The van der Waals surface area contributed by atoms with E-state index in [0.717, 1.165) is 12.1 Å². The van der Waals surface area contributed by atoms with Crippen LogP contribution in [0.3, 0.4) is 0 Å². The van der Waals surface area contributed by atoms with Gasteiger partial charge in [0.2, 0.25) is 0 Å². The van der Waals surface area contributed by atoms with Gasteiger partial charge in [-0.3, -0.25) is 9.48 Å². The zero-order valence-corrected chi connectivity index (χ0v) is 19.3. The molecule has 9 nitrogen and oxygen atoms in total. The minimum Gasteiger partial charge on any atom is -0.445 e. The van der Waals surface area contributed by atoms with E-state index in [1.54, 1.807) is 10.7 Å². The molecule has 0 spiro atoms. The number of aryl methyl sites for hydroxylation is 1. The molecule has 3 heterocycles. The Labute approximate surface area is 204 Å². The van der Waals surface area contributed by atoms with Gasteiger partial charge in [0.1, 0.15) is 12.6 Å². The lowest BCUT2D eigenvalue weighted by Gasteiger charge is -2.31. The van der Waals surface area contributed by atoms with E-state index in [4.69, 9.17) is 16.3 Å². The average molecular weight is 511 g/mol. The summed E-state index contributed by atoms with van der Waals surface area (Å²) in [6.45, 7) is 1.91. The Kier molecular flexibility index (Phi) is 7.18. The van der Waals surface area contributed by atoms with E-state index in [-0.39, 0.29) is 35.3 Å². The summed E-state index contributed by atoms with van der Waals surface area (Å²) < 4.78 is 45.9. The lowest BCUT2D eigenvalue weighted by molar-refractivity contribution is -0.137. The first kappa shape index (κ1) is 24.8. The number of piperazine rings is 1. The number of amides is 2. The first-order valence-corrected chi connectivity index (χ1v) is 11.3. The normalized spacial score (nSPS) is 18.4. The Bertz CT molecular complexity index is 1160. The Morgan fingerprint density at radius 2 is 2.03 bits per heavy atom. The summed E-state index contributed by atoms with van der Waals surface area (Å²) in [6.07, 6.45) is -4.73. The van der Waals surface area contributed by atoms with Crippen LogP contribution in [0.15, 0.2) is 24.3 Å². The van der Waals surface area contributed by atoms with E-state index in [0.29, 0.717) is 44.8 Å². The molecule has 2 aliphatic rings. The SMILES string of the molecule is N#CC1CNCCN1C(=O)c1cc2n(n1)CCCN(C(=O)OCc1cc(Cl)cc(C(F)(F)F)c1)C2. The summed E-state index contributed by atoms with van der Waals surface area (Å²) in [4.78, 5) is 28.5. The van der Waals surface area contributed by atoms with Gasteiger partial charge in [-0.2, -0.15) is 23.5 Å². The summed E-state index contributed by atoms with van der Waals surface area (Å²) in [6, 6.07) is 6.12. The quantitative estimate of drug-likeness (QED) is 0.681. The average Bonchev–Trinajstić information content (AvgIpc) is 3.12. The fourth-order valence-corrected chi connectivity index (χ4v) is 4.32. The lowest BCUT2D eigenvalue weighted by Crippen LogP contribution is -2.53. The predicted molar refractivity (Wildman–Crippen MR) is 117 cm³/mol. The minimum absolute atomic E-state index is 0.107. The molecule has 1 aromatic carbocycles. The van der Waals surface area contributed by atoms with Crippen molar-refractivity contribution >= 4 is 23.6 Å². The number of rotatable bonds is 3. The predicted octanol–water partition coefficient (Wildman–Crippen LogP) is 3.04. The second-order valence-corrected chi connectivity index (χ2v) is 8.70. The van der Waals surface area contributed by atoms with Gasteiger partial charge in [0.05, 0.1) is 23.9 Å². The molecule has 35 heavy (non-hydrogen) atoms. The molecule has 0 aliphatic carbocycles. The largest absolute Gasteiger partial charge is 0.445 e. The lowest BCUT2D eigenvalue weighted by atomic mass is 10.1. The number of nitrogens with one attached hydrogen (secondary N) is 1. The van der Waals surface area contributed by atoms with E-state index in [1.165, 1.54) is 15.9 Å². The second-order valence-electron chi connectivity index (χ2n) is 8.27. The number of nitrogens with zero attached hydrogens (tertiary/aromatic N) is 5. The molecule has 1 atom stereocenters. The minimum atomic E-state index is -4.57. The number of carbonyl (C=O) groups is 2. The third-order valence-electron chi connectivity index (χ3n) is 5.79. The molecule has 0 radical (unpaired) electrons. The molecule has 13 heteroatoms. The number of fused-ring (bicyclic) bond motifs is 1. The molecule has 1 aromatic heterocycles. The molecule has 1 N–H and O–H groups in total. The van der Waals surface area contributed by atoms with Crippen LogP contribution in [0.1, 0.15) is 33.7 Å². The summed E-state index contributed by atoms with van der Waals surface area (Å²) >= 11 is 5.79. The van der Waals surface area contributed by atoms with Gasteiger partial charge in [0, 0.05) is 37.7 Å². The van der Waals surface area contributed by atoms with Crippen molar-refractivity contribution < 1.29 is 27.5 Å². The Hall–Kier alpha value is -3.30. The van der Waals surface area contributed by atoms with Crippen LogP contribution in [-0.4, -0.2) is 63.8 Å². The third kappa shape index (κ3) is 5.68. The highest BCUT2D eigenvalue weighted by molar-refractivity contribution is 6.30. The maximum Gasteiger partial charge on any atom is 0.416 e. The van der Waals surface area contributed by atoms with Crippen molar-refractivity contribution in [2.24, 2.45) is 0 Å². The van der Waals surface area contributed by atoms with Crippen molar-refractivity contribution in [2.45, 2.75) is 38.3 Å². The number of hydrogen-bond acceptors (Lipinski definition) is 6. The van der Waals surface area contributed by atoms with Gasteiger partial charge in [0.15, 0.2) is 5.69 Å². The first-order chi connectivity index (χ1) is 16.7. The molecule has 0 saturated carbocycles. The number of nitriles is 1. The maximum absolute atomic E-state index is 13.0. The molecule has 2 aliphatic heterocycles. The van der Waals surface area contributed by atoms with Crippen LogP contribution in [0.4, 0.5) is 18.0 Å². The van der Waals surface area contributed by atoms with Gasteiger partial charge in [-0.15, -0.1) is 0 Å². The smallest absolute Gasteiger partial charge is 0.416 e. The molecule has 0 bridgehead atoms. The van der Waals surface area contributed by atoms with Crippen LogP contribution in [0.25, 0.3) is 0 Å². The monoisotopic (exact) mass is 510 g/mol. The highest BCUT2D eigenvalue weighted by atomic mass is 35.5. The number of benzene rings is 1. The number of alkyl halides is 3. The number of ether oxygens (including phenoxy) is 1. The Balaban J connectivity index is 1.43. The maximum atomic E-state index is 13.0. The number of carbonyl (C=O) groups excluding carboxylic acids is 2. The van der Waals surface area contributed by atoms with Crippen molar-refractivity contribution in [3.8, 4) is 6.07 Å². The van der Waals surface area contributed by atoms with Crippen LogP contribution in [0.2, 0.25) is 5.02 Å². The van der Waals surface area contributed by atoms with Gasteiger partial charge in [0.25, 0.3) is 5.91 Å². The van der Waals surface area contributed by atoms with Crippen LogP contribution in [0, 0.1) is 11.3 Å². The standard InChI is InChI=1S/C22H22ClF3N6O3/c23-16-7-14(6-15(8-16)22(24,25)26)13-35-21(34)30-3-1-4-32-17(12-30)9-19(29-32)20(33)31-5-2-28-11-18(31)10-27/h6-9,18,28H,1-5,11-13H2. The molecule has 1 fully saturated rings. The summed E-state index contributed by atoms with van der Waals surface area (Å²) in [5.41, 5.74) is 0.00793. The molecule has 2 aromatic rings. The number of hydrogen-bond donors (Lipinski definition) is 1. The zero-order chi connectivity index (χ0) is 25.2.